The lowest BCUT2D eigenvalue weighted by atomic mass is 10.1. The van der Waals surface area contributed by atoms with Crippen LogP contribution in [-0.2, 0) is 16.1 Å². The van der Waals surface area contributed by atoms with E-state index in [1.165, 1.54) is 25.3 Å². The largest absolute Gasteiger partial charge is 0.515 e. The second kappa shape index (κ2) is 9.66. The van der Waals surface area contributed by atoms with Gasteiger partial charge in [0.15, 0.2) is 0 Å². The number of hydrogen-bond donors (Lipinski definition) is 1. The molecule has 0 aliphatic heterocycles. The summed E-state index contributed by atoms with van der Waals surface area (Å²) in [6.45, 7) is 3.53. The zero-order valence-corrected chi connectivity index (χ0v) is 19.0. The minimum absolute atomic E-state index is 0.0613. The summed E-state index contributed by atoms with van der Waals surface area (Å²) in [6.07, 6.45) is 0.313. The van der Waals surface area contributed by atoms with Crippen LogP contribution in [0, 0.1) is 21.4 Å². The van der Waals surface area contributed by atoms with Crippen LogP contribution in [0.25, 0.3) is 21.8 Å². The smallest absolute Gasteiger partial charge is 0.457 e. The van der Waals surface area contributed by atoms with Crippen molar-refractivity contribution in [1.29, 1.82) is 5.26 Å². The number of aromatic amines is 1. The SMILES string of the molecule is COCc1c(OC(=O)OC(C)C)ncc2[nH]c3ccc(Oc4ccc([N+](=O)[O-])c(C#N)c4)cc3c12. The molecule has 0 aliphatic rings. The number of nitriles is 1. The van der Waals surface area contributed by atoms with E-state index >= 15 is 0 Å². The highest BCUT2D eigenvalue weighted by Gasteiger charge is 2.20. The first-order chi connectivity index (χ1) is 16.8. The molecule has 0 aliphatic carbocycles. The average molecular weight is 476 g/mol. The van der Waals surface area contributed by atoms with E-state index < -0.39 is 11.1 Å². The molecular formula is C24H20N4O7. The van der Waals surface area contributed by atoms with Crippen LogP contribution in [0.5, 0.6) is 17.4 Å². The van der Waals surface area contributed by atoms with Gasteiger partial charge in [-0.2, -0.15) is 5.26 Å². The highest BCUT2D eigenvalue weighted by atomic mass is 16.7. The predicted molar refractivity (Wildman–Crippen MR) is 124 cm³/mol. The molecule has 1 N–H and O–H groups in total. The number of aromatic nitrogens is 2. The summed E-state index contributed by atoms with van der Waals surface area (Å²) in [5.41, 5.74) is 1.60. The van der Waals surface area contributed by atoms with Crippen molar-refractivity contribution in [2.75, 3.05) is 7.11 Å². The molecule has 0 saturated heterocycles. The fraction of sp³-hybridized carbons (Fsp3) is 0.208. The Labute approximate surface area is 198 Å². The number of pyridine rings is 1. The van der Waals surface area contributed by atoms with Gasteiger partial charge in [0.2, 0.25) is 5.88 Å². The summed E-state index contributed by atoms with van der Waals surface area (Å²) in [5.74, 6) is 0.759. The van der Waals surface area contributed by atoms with Gasteiger partial charge in [0.05, 0.1) is 34.9 Å². The molecule has 2 aromatic heterocycles. The van der Waals surface area contributed by atoms with E-state index in [-0.39, 0.29) is 35.6 Å². The lowest BCUT2D eigenvalue weighted by Crippen LogP contribution is -2.17. The number of H-pyrrole nitrogens is 1. The number of nitro groups is 1. The summed E-state index contributed by atoms with van der Waals surface area (Å²) in [6, 6.07) is 11.0. The van der Waals surface area contributed by atoms with Gasteiger partial charge in [-0.05, 0) is 38.1 Å². The molecule has 2 heterocycles. The first-order valence-electron chi connectivity index (χ1n) is 10.5. The number of benzene rings is 2. The van der Waals surface area contributed by atoms with Crippen LogP contribution in [0.15, 0.2) is 42.6 Å². The Hall–Kier alpha value is -4.69. The number of nitrogens with zero attached hydrogens (tertiary/aromatic N) is 3. The maximum Gasteiger partial charge on any atom is 0.515 e. The number of fused-ring (bicyclic) bond motifs is 3. The number of nitro benzene ring substituents is 1. The molecule has 0 atom stereocenters. The predicted octanol–water partition coefficient (Wildman–Crippen LogP) is 5.36. The Morgan fingerprint density at radius 2 is 1.94 bits per heavy atom. The van der Waals surface area contributed by atoms with Crippen LogP contribution < -0.4 is 9.47 Å². The van der Waals surface area contributed by atoms with Gasteiger partial charge in [-0.3, -0.25) is 10.1 Å². The van der Waals surface area contributed by atoms with Crippen LogP contribution in [0.2, 0.25) is 0 Å². The van der Waals surface area contributed by atoms with E-state index in [4.69, 9.17) is 18.9 Å². The Morgan fingerprint density at radius 3 is 2.63 bits per heavy atom. The minimum atomic E-state index is -0.875. The van der Waals surface area contributed by atoms with E-state index in [9.17, 15) is 20.2 Å². The second-order valence-corrected chi connectivity index (χ2v) is 7.76. The van der Waals surface area contributed by atoms with Crippen LogP contribution in [-0.4, -0.2) is 34.3 Å². The van der Waals surface area contributed by atoms with Gasteiger partial charge in [0, 0.05) is 35.5 Å². The van der Waals surface area contributed by atoms with Gasteiger partial charge < -0.3 is 23.9 Å². The molecule has 0 unspecified atom stereocenters. The van der Waals surface area contributed by atoms with Gasteiger partial charge in [0.1, 0.15) is 23.1 Å². The third-order valence-corrected chi connectivity index (χ3v) is 4.99. The lowest BCUT2D eigenvalue weighted by molar-refractivity contribution is -0.385. The van der Waals surface area contributed by atoms with Crippen molar-refractivity contribution >= 4 is 33.6 Å². The number of hydrogen-bond acceptors (Lipinski definition) is 9. The van der Waals surface area contributed by atoms with Crippen molar-refractivity contribution in [3.05, 3.63) is 63.8 Å². The van der Waals surface area contributed by atoms with E-state index in [0.717, 1.165) is 16.3 Å². The zero-order valence-electron chi connectivity index (χ0n) is 19.0. The Morgan fingerprint density at radius 1 is 1.20 bits per heavy atom. The number of carbonyl (C=O) groups excluding carboxylic acids is 1. The first-order valence-corrected chi connectivity index (χ1v) is 10.5. The van der Waals surface area contributed by atoms with Gasteiger partial charge in [-0.25, -0.2) is 9.78 Å². The summed E-state index contributed by atoms with van der Waals surface area (Å²) < 4.78 is 21.6. The van der Waals surface area contributed by atoms with Crippen molar-refractivity contribution < 1.29 is 28.7 Å². The molecule has 11 nitrogen and oxygen atoms in total. The highest BCUT2D eigenvalue weighted by Crippen LogP contribution is 2.36. The van der Waals surface area contributed by atoms with Gasteiger partial charge in [-0.15, -0.1) is 0 Å². The average Bonchev–Trinajstić information content (AvgIpc) is 3.18. The molecule has 0 fully saturated rings. The number of carbonyl (C=O) groups is 1. The molecule has 0 amide bonds. The third-order valence-electron chi connectivity index (χ3n) is 4.99. The van der Waals surface area contributed by atoms with Crippen molar-refractivity contribution in [3.63, 3.8) is 0 Å². The maximum atomic E-state index is 12.1. The van der Waals surface area contributed by atoms with Crippen molar-refractivity contribution in [2.24, 2.45) is 0 Å². The topological polar surface area (TPSA) is 150 Å². The molecule has 0 spiro atoms. The fourth-order valence-electron chi connectivity index (χ4n) is 3.61. The van der Waals surface area contributed by atoms with Crippen LogP contribution >= 0.6 is 0 Å². The molecule has 178 valence electrons. The van der Waals surface area contributed by atoms with Crippen molar-refractivity contribution in [3.8, 4) is 23.4 Å². The monoisotopic (exact) mass is 476 g/mol. The molecule has 0 saturated carbocycles. The van der Waals surface area contributed by atoms with Crippen LogP contribution in [0.1, 0.15) is 25.0 Å². The standard InChI is InChI=1S/C24H20N4O7/c1-13(2)33-24(29)35-23-18(12-32-3)22-17-9-16(4-6-19(17)27-20(22)11-26-23)34-15-5-7-21(28(30)31)14(8-15)10-25/h4-9,11,13,27H,12H2,1-3H3. The Bertz CT molecular complexity index is 1490. The summed E-state index contributed by atoms with van der Waals surface area (Å²) in [4.78, 5) is 30.0. The van der Waals surface area contributed by atoms with Gasteiger partial charge in [0.25, 0.3) is 5.69 Å². The lowest BCUT2D eigenvalue weighted by Gasteiger charge is -2.12. The fourth-order valence-corrected chi connectivity index (χ4v) is 3.61. The number of nitrogens with one attached hydrogen (secondary N) is 1. The summed E-state index contributed by atoms with van der Waals surface area (Å²) in [5, 5.41) is 21.8. The van der Waals surface area contributed by atoms with E-state index in [1.54, 1.807) is 38.2 Å². The van der Waals surface area contributed by atoms with Gasteiger partial charge in [-0.1, -0.05) is 0 Å². The quantitative estimate of drug-likeness (QED) is 0.211. The van der Waals surface area contributed by atoms with E-state index in [1.807, 2.05) is 6.07 Å². The van der Waals surface area contributed by atoms with Crippen LogP contribution in [0.4, 0.5) is 10.5 Å². The highest BCUT2D eigenvalue weighted by molar-refractivity contribution is 6.09. The van der Waals surface area contributed by atoms with Gasteiger partial charge >= 0.3 is 6.16 Å². The molecule has 35 heavy (non-hydrogen) atoms. The second-order valence-electron chi connectivity index (χ2n) is 7.76. The third kappa shape index (κ3) is 4.83. The van der Waals surface area contributed by atoms with E-state index in [2.05, 4.69) is 9.97 Å². The molecule has 4 aromatic rings. The van der Waals surface area contributed by atoms with Crippen molar-refractivity contribution in [1.82, 2.24) is 9.97 Å². The summed E-state index contributed by atoms with van der Waals surface area (Å²) in [7, 11) is 1.51. The number of rotatable bonds is 7. The first kappa shape index (κ1) is 23.5. The Kier molecular flexibility index (Phi) is 6.48. The molecule has 2 aromatic carbocycles. The molecular weight excluding hydrogens is 456 g/mol. The molecule has 4 rings (SSSR count). The van der Waals surface area contributed by atoms with Crippen LogP contribution in [0.3, 0.4) is 0 Å². The zero-order chi connectivity index (χ0) is 25.1. The minimum Gasteiger partial charge on any atom is -0.457 e. The normalized spacial score (nSPS) is 10.9. The molecule has 0 bridgehead atoms. The molecule has 11 heteroatoms. The Balaban J connectivity index is 1.76. The molecule has 0 radical (unpaired) electrons. The maximum absolute atomic E-state index is 12.1. The van der Waals surface area contributed by atoms with Crippen molar-refractivity contribution in [2.45, 2.75) is 26.6 Å². The van der Waals surface area contributed by atoms with E-state index in [0.29, 0.717) is 16.8 Å². The number of ether oxygens (including phenoxy) is 4. The summed E-state index contributed by atoms with van der Waals surface area (Å²) >= 11 is 0. The number of methoxy groups -OCH3 is 1.